The van der Waals surface area contributed by atoms with Crippen LogP contribution in [0.15, 0.2) is 34.1 Å². The van der Waals surface area contributed by atoms with Crippen LogP contribution in [-0.2, 0) is 11.3 Å². The summed E-state index contributed by atoms with van der Waals surface area (Å²) in [5, 5.41) is 2.41. The van der Waals surface area contributed by atoms with E-state index >= 15 is 0 Å². The lowest BCUT2D eigenvalue weighted by molar-refractivity contribution is 0.0520. The van der Waals surface area contributed by atoms with Gasteiger partial charge < -0.3 is 9.64 Å². The highest BCUT2D eigenvalue weighted by molar-refractivity contribution is 9.10. The number of thiazole rings is 1. The zero-order chi connectivity index (χ0) is 18.9. The van der Waals surface area contributed by atoms with Crippen molar-refractivity contribution >= 4 is 39.1 Å². The summed E-state index contributed by atoms with van der Waals surface area (Å²) in [5.41, 5.74) is 0.948. The van der Waals surface area contributed by atoms with E-state index in [0.29, 0.717) is 31.0 Å². The minimum absolute atomic E-state index is 0.0264. The zero-order valence-electron chi connectivity index (χ0n) is 15.0. The van der Waals surface area contributed by atoms with Crippen LogP contribution in [0.25, 0.3) is 0 Å². The number of halogens is 1. The first kappa shape index (κ1) is 20.6. The number of benzene rings is 1. The van der Waals surface area contributed by atoms with Gasteiger partial charge in [-0.2, -0.15) is 0 Å². The molecule has 26 heavy (non-hydrogen) atoms. The van der Waals surface area contributed by atoms with Gasteiger partial charge in [-0.3, -0.25) is 4.79 Å². The summed E-state index contributed by atoms with van der Waals surface area (Å²) in [6.07, 6.45) is 3.09. The van der Waals surface area contributed by atoms with Crippen molar-refractivity contribution in [3.05, 3.63) is 50.4 Å². The number of hydrogen-bond donors (Lipinski definition) is 0. The Balaban J connectivity index is 2.12. The van der Waals surface area contributed by atoms with Crippen molar-refractivity contribution in [3.63, 3.8) is 0 Å². The van der Waals surface area contributed by atoms with Crippen molar-refractivity contribution in [2.45, 2.75) is 39.7 Å². The smallest absolute Gasteiger partial charge is 0.357 e. The third kappa shape index (κ3) is 5.92. The Labute approximate surface area is 166 Å². The Kier molecular flexibility index (Phi) is 8.25. The highest BCUT2D eigenvalue weighted by Crippen LogP contribution is 2.18. The average Bonchev–Trinajstić information content (AvgIpc) is 3.10. The number of carbonyl (C=O) groups is 2. The topological polar surface area (TPSA) is 59.5 Å². The van der Waals surface area contributed by atoms with Crippen molar-refractivity contribution in [1.29, 1.82) is 0 Å². The molecule has 5 nitrogen and oxygen atoms in total. The van der Waals surface area contributed by atoms with E-state index in [2.05, 4.69) is 27.8 Å². The van der Waals surface area contributed by atoms with Gasteiger partial charge in [-0.15, -0.1) is 11.3 Å². The standard InChI is InChI=1S/C19H23BrN2O3S/c1-3-5-6-11-22(18(23)14-7-9-15(20)10-8-14)12-17-21-16(13-26-17)19(24)25-4-2/h7-10,13H,3-6,11-12H2,1-2H3. The normalized spacial score (nSPS) is 10.6. The Morgan fingerprint density at radius 2 is 1.92 bits per heavy atom. The van der Waals surface area contributed by atoms with E-state index in [1.54, 1.807) is 17.2 Å². The maximum Gasteiger partial charge on any atom is 0.357 e. The van der Waals surface area contributed by atoms with Crippen LogP contribution in [-0.4, -0.2) is 34.9 Å². The highest BCUT2D eigenvalue weighted by Gasteiger charge is 2.19. The monoisotopic (exact) mass is 438 g/mol. The maximum atomic E-state index is 12.9. The van der Waals surface area contributed by atoms with Gasteiger partial charge in [0.25, 0.3) is 5.91 Å². The van der Waals surface area contributed by atoms with E-state index < -0.39 is 5.97 Å². The number of esters is 1. The molecule has 0 aliphatic carbocycles. The molecule has 0 saturated heterocycles. The van der Waals surface area contributed by atoms with Crippen molar-refractivity contribution in [2.75, 3.05) is 13.2 Å². The number of carbonyl (C=O) groups excluding carboxylic acids is 2. The Morgan fingerprint density at radius 1 is 1.19 bits per heavy atom. The van der Waals surface area contributed by atoms with E-state index in [-0.39, 0.29) is 5.91 Å². The predicted molar refractivity (Wildman–Crippen MR) is 106 cm³/mol. The van der Waals surface area contributed by atoms with Gasteiger partial charge in [-0.25, -0.2) is 9.78 Å². The number of unbranched alkanes of at least 4 members (excludes halogenated alkanes) is 2. The van der Waals surface area contributed by atoms with Crippen molar-refractivity contribution in [3.8, 4) is 0 Å². The second-order valence-electron chi connectivity index (χ2n) is 5.79. The molecule has 0 atom stereocenters. The Morgan fingerprint density at radius 3 is 2.58 bits per heavy atom. The van der Waals surface area contributed by atoms with Crippen molar-refractivity contribution < 1.29 is 14.3 Å². The van der Waals surface area contributed by atoms with Gasteiger partial charge in [0.1, 0.15) is 5.01 Å². The first-order valence-corrected chi connectivity index (χ1v) is 10.4. The van der Waals surface area contributed by atoms with E-state index in [4.69, 9.17) is 4.74 Å². The minimum atomic E-state index is -0.424. The van der Waals surface area contributed by atoms with Gasteiger partial charge in [0, 0.05) is 22.0 Å². The van der Waals surface area contributed by atoms with Crippen molar-refractivity contribution in [2.24, 2.45) is 0 Å². The molecule has 0 aliphatic heterocycles. The molecule has 0 bridgehead atoms. The molecule has 0 spiro atoms. The molecule has 0 N–H and O–H groups in total. The largest absolute Gasteiger partial charge is 0.461 e. The van der Waals surface area contributed by atoms with E-state index in [0.717, 1.165) is 28.7 Å². The van der Waals surface area contributed by atoms with Gasteiger partial charge in [-0.1, -0.05) is 35.7 Å². The number of hydrogen-bond acceptors (Lipinski definition) is 5. The van der Waals surface area contributed by atoms with Crippen LogP contribution in [0, 0.1) is 0 Å². The lowest BCUT2D eigenvalue weighted by atomic mass is 10.2. The summed E-state index contributed by atoms with van der Waals surface area (Å²) in [6, 6.07) is 7.34. The Hall–Kier alpha value is -1.73. The molecule has 140 valence electrons. The number of rotatable bonds is 9. The fourth-order valence-corrected chi connectivity index (χ4v) is 3.47. The van der Waals surface area contributed by atoms with Crippen LogP contribution < -0.4 is 0 Å². The second-order valence-corrected chi connectivity index (χ2v) is 7.65. The van der Waals surface area contributed by atoms with E-state index in [1.165, 1.54) is 11.3 Å². The molecule has 1 aromatic heterocycles. The van der Waals surface area contributed by atoms with Gasteiger partial charge in [0.2, 0.25) is 0 Å². The lowest BCUT2D eigenvalue weighted by Crippen LogP contribution is -2.31. The summed E-state index contributed by atoms with van der Waals surface area (Å²) in [4.78, 5) is 30.8. The van der Waals surface area contributed by atoms with Gasteiger partial charge in [0.05, 0.1) is 13.2 Å². The summed E-state index contributed by atoms with van der Waals surface area (Å²) < 4.78 is 5.91. The molecule has 0 unspecified atom stereocenters. The van der Waals surface area contributed by atoms with Crippen LogP contribution in [0.5, 0.6) is 0 Å². The van der Waals surface area contributed by atoms with Crippen LogP contribution in [0.3, 0.4) is 0 Å². The van der Waals surface area contributed by atoms with Gasteiger partial charge in [0.15, 0.2) is 5.69 Å². The molecule has 1 amide bonds. The Bertz CT molecular complexity index is 731. The molecule has 0 radical (unpaired) electrons. The molecule has 0 aliphatic rings. The van der Waals surface area contributed by atoms with Crippen molar-refractivity contribution in [1.82, 2.24) is 9.88 Å². The maximum absolute atomic E-state index is 12.9. The average molecular weight is 439 g/mol. The van der Waals surface area contributed by atoms with Gasteiger partial charge in [-0.05, 0) is 37.6 Å². The van der Waals surface area contributed by atoms with Crippen LogP contribution in [0.2, 0.25) is 0 Å². The van der Waals surface area contributed by atoms with Gasteiger partial charge >= 0.3 is 5.97 Å². The number of nitrogens with zero attached hydrogens (tertiary/aromatic N) is 2. The third-order valence-electron chi connectivity index (χ3n) is 3.77. The molecule has 1 heterocycles. The zero-order valence-corrected chi connectivity index (χ0v) is 17.4. The first-order valence-electron chi connectivity index (χ1n) is 8.71. The predicted octanol–water partition coefficient (Wildman–Crippen LogP) is 4.91. The highest BCUT2D eigenvalue weighted by atomic mass is 79.9. The molecule has 0 saturated carbocycles. The van der Waals surface area contributed by atoms with E-state index in [1.807, 2.05) is 24.3 Å². The fraction of sp³-hybridized carbons (Fsp3) is 0.421. The SMILES string of the molecule is CCCCCN(Cc1nc(C(=O)OCC)cs1)C(=O)c1ccc(Br)cc1. The summed E-state index contributed by atoms with van der Waals surface area (Å²) in [5.74, 6) is -0.451. The van der Waals surface area contributed by atoms with Crippen LogP contribution in [0.4, 0.5) is 0 Å². The molecule has 2 aromatic rings. The molecular weight excluding hydrogens is 416 g/mol. The number of ether oxygens (including phenoxy) is 1. The molecule has 0 fully saturated rings. The summed E-state index contributed by atoms with van der Waals surface area (Å²) >= 11 is 4.76. The molecule has 1 aromatic carbocycles. The van der Waals surface area contributed by atoms with Crippen LogP contribution in [0.1, 0.15) is 59.0 Å². The summed E-state index contributed by atoms with van der Waals surface area (Å²) in [7, 11) is 0. The first-order chi connectivity index (χ1) is 12.5. The van der Waals surface area contributed by atoms with E-state index in [9.17, 15) is 9.59 Å². The van der Waals surface area contributed by atoms with Crippen LogP contribution >= 0.6 is 27.3 Å². The fourth-order valence-electron chi connectivity index (χ4n) is 2.43. The lowest BCUT2D eigenvalue weighted by Gasteiger charge is -2.22. The third-order valence-corrected chi connectivity index (χ3v) is 5.13. The summed E-state index contributed by atoms with van der Waals surface area (Å²) in [6.45, 7) is 5.27. The molecule has 2 rings (SSSR count). The molecular formula is C19H23BrN2O3S. The minimum Gasteiger partial charge on any atom is -0.461 e. The quantitative estimate of drug-likeness (QED) is 0.411. The number of aromatic nitrogens is 1. The number of amides is 1. The second kappa shape index (κ2) is 10.4. The molecule has 7 heteroatoms.